The van der Waals surface area contributed by atoms with Gasteiger partial charge in [0.2, 0.25) is 0 Å². The predicted octanol–water partition coefficient (Wildman–Crippen LogP) is 9.86. The lowest BCUT2D eigenvalue weighted by molar-refractivity contribution is -0.152. The zero-order chi connectivity index (χ0) is 28.8. The van der Waals surface area contributed by atoms with Gasteiger partial charge in [-0.1, -0.05) is 156 Å². The van der Waals surface area contributed by atoms with Crippen LogP contribution in [0.5, 0.6) is 0 Å². The number of aliphatic hydroxyl groups is 1. The number of hydrogen-bond donors (Lipinski definition) is 1. The van der Waals surface area contributed by atoms with Crippen molar-refractivity contribution < 1.29 is 24.2 Å². The molecule has 0 bridgehead atoms. The van der Waals surface area contributed by atoms with Crippen molar-refractivity contribution in [2.75, 3.05) is 13.2 Å². The first-order valence-electron chi connectivity index (χ1n) is 17.0. The van der Waals surface area contributed by atoms with Crippen molar-refractivity contribution >= 4 is 11.9 Å². The molecule has 0 amide bonds. The van der Waals surface area contributed by atoms with E-state index in [2.05, 4.69) is 20.8 Å². The van der Waals surface area contributed by atoms with E-state index in [1.807, 2.05) is 0 Å². The van der Waals surface area contributed by atoms with Gasteiger partial charge in [0.1, 0.15) is 19.3 Å². The van der Waals surface area contributed by atoms with Crippen molar-refractivity contribution in [1.29, 1.82) is 0 Å². The number of carbonyl (C=O) groups is 2. The van der Waals surface area contributed by atoms with Crippen LogP contribution < -0.4 is 0 Å². The Labute approximate surface area is 242 Å². The topological polar surface area (TPSA) is 72.8 Å². The molecule has 0 fully saturated rings. The Morgan fingerprint density at radius 3 is 1.23 bits per heavy atom. The van der Waals surface area contributed by atoms with E-state index in [4.69, 9.17) is 9.47 Å². The highest BCUT2D eigenvalue weighted by Gasteiger charge is 2.12. The molecule has 1 unspecified atom stereocenters. The van der Waals surface area contributed by atoms with Gasteiger partial charge in [-0.05, 0) is 18.8 Å². The van der Waals surface area contributed by atoms with Gasteiger partial charge in [-0.3, -0.25) is 9.59 Å². The number of hydrogen-bond acceptors (Lipinski definition) is 5. The lowest BCUT2D eigenvalue weighted by atomic mass is 9.99. The summed E-state index contributed by atoms with van der Waals surface area (Å²) >= 11 is 0. The summed E-state index contributed by atoms with van der Waals surface area (Å²) in [4.78, 5) is 23.7. The molecule has 0 rings (SSSR count). The zero-order valence-electron chi connectivity index (χ0n) is 26.3. The maximum Gasteiger partial charge on any atom is 0.305 e. The van der Waals surface area contributed by atoms with E-state index in [0.29, 0.717) is 12.8 Å². The summed E-state index contributed by atoms with van der Waals surface area (Å²) in [6.45, 7) is 6.64. The van der Waals surface area contributed by atoms with Crippen LogP contribution in [-0.4, -0.2) is 36.4 Å². The summed E-state index contributed by atoms with van der Waals surface area (Å²) in [7, 11) is 0. The van der Waals surface area contributed by atoms with Gasteiger partial charge in [0, 0.05) is 12.8 Å². The van der Waals surface area contributed by atoms with Gasteiger partial charge in [-0.25, -0.2) is 0 Å². The molecule has 0 aliphatic carbocycles. The third-order valence-corrected chi connectivity index (χ3v) is 7.88. The van der Waals surface area contributed by atoms with E-state index in [9.17, 15) is 14.7 Å². The minimum absolute atomic E-state index is 0.109. The van der Waals surface area contributed by atoms with E-state index in [1.165, 1.54) is 116 Å². The van der Waals surface area contributed by atoms with Gasteiger partial charge in [0.25, 0.3) is 0 Å². The van der Waals surface area contributed by atoms with Crippen molar-refractivity contribution in [3.63, 3.8) is 0 Å². The van der Waals surface area contributed by atoms with Crippen LogP contribution in [0.2, 0.25) is 0 Å². The summed E-state index contributed by atoms with van der Waals surface area (Å²) in [5.41, 5.74) is 0. The van der Waals surface area contributed by atoms with Crippen LogP contribution in [0.25, 0.3) is 0 Å². The van der Waals surface area contributed by atoms with Gasteiger partial charge < -0.3 is 14.6 Å². The van der Waals surface area contributed by atoms with Crippen LogP contribution in [0.3, 0.4) is 0 Å². The SMILES string of the molecule is CCCCCCCCCC(=O)OC[C@@H](O)COC(=O)CCCCCCCCCCCCCCCCC(C)CC. The average Bonchev–Trinajstić information content (AvgIpc) is 2.93. The summed E-state index contributed by atoms with van der Waals surface area (Å²) in [6, 6.07) is 0. The van der Waals surface area contributed by atoms with Crippen molar-refractivity contribution in [2.45, 2.75) is 187 Å². The Hall–Kier alpha value is -1.10. The molecular formula is C34H66O5. The first-order chi connectivity index (χ1) is 19.0. The van der Waals surface area contributed by atoms with Crippen LogP contribution in [0, 0.1) is 5.92 Å². The molecule has 39 heavy (non-hydrogen) atoms. The van der Waals surface area contributed by atoms with Gasteiger partial charge in [0.15, 0.2) is 0 Å². The smallest absolute Gasteiger partial charge is 0.305 e. The molecule has 0 aromatic heterocycles. The van der Waals surface area contributed by atoms with E-state index in [0.717, 1.165) is 38.0 Å². The highest BCUT2D eigenvalue weighted by Crippen LogP contribution is 2.16. The summed E-state index contributed by atoms with van der Waals surface area (Å²) < 4.78 is 10.2. The number of unbranched alkanes of at least 4 members (excludes halogenated alkanes) is 19. The predicted molar refractivity (Wildman–Crippen MR) is 164 cm³/mol. The molecule has 0 saturated heterocycles. The molecule has 0 radical (unpaired) electrons. The molecule has 2 atom stereocenters. The molecule has 0 aromatic rings. The van der Waals surface area contributed by atoms with E-state index in [-0.39, 0.29) is 25.2 Å². The lowest BCUT2D eigenvalue weighted by Gasteiger charge is -2.12. The lowest BCUT2D eigenvalue weighted by Crippen LogP contribution is -2.25. The van der Waals surface area contributed by atoms with Crippen molar-refractivity contribution in [2.24, 2.45) is 5.92 Å². The number of carbonyl (C=O) groups excluding carboxylic acids is 2. The van der Waals surface area contributed by atoms with Crippen LogP contribution in [0.4, 0.5) is 0 Å². The quantitative estimate of drug-likeness (QED) is 0.0706. The molecule has 5 nitrogen and oxygen atoms in total. The Morgan fingerprint density at radius 2 is 0.872 bits per heavy atom. The molecule has 0 heterocycles. The third-order valence-electron chi connectivity index (χ3n) is 7.88. The average molecular weight is 555 g/mol. The minimum atomic E-state index is -0.952. The number of aliphatic hydroxyl groups excluding tert-OH is 1. The molecule has 0 saturated carbocycles. The second-order valence-corrected chi connectivity index (χ2v) is 11.9. The summed E-state index contributed by atoms with van der Waals surface area (Å²) in [6.07, 6.45) is 28.7. The molecule has 0 aromatic carbocycles. The molecule has 5 heteroatoms. The summed E-state index contributed by atoms with van der Waals surface area (Å²) in [5, 5.41) is 9.91. The van der Waals surface area contributed by atoms with Crippen molar-refractivity contribution in [3.05, 3.63) is 0 Å². The Balaban J connectivity index is 3.37. The number of ether oxygens (including phenoxy) is 2. The fraction of sp³-hybridized carbons (Fsp3) is 0.941. The fourth-order valence-corrected chi connectivity index (χ4v) is 4.88. The second kappa shape index (κ2) is 29.9. The third kappa shape index (κ3) is 29.7. The van der Waals surface area contributed by atoms with Gasteiger partial charge in [0.05, 0.1) is 0 Å². The van der Waals surface area contributed by atoms with Crippen LogP contribution in [0.15, 0.2) is 0 Å². The van der Waals surface area contributed by atoms with Gasteiger partial charge >= 0.3 is 11.9 Å². The normalized spacial score (nSPS) is 12.8. The van der Waals surface area contributed by atoms with Crippen molar-refractivity contribution in [1.82, 2.24) is 0 Å². The molecule has 232 valence electrons. The van der Waals surface area contributed by atoms with Gasteiger partial charge in [-0.2, -0.15) is 0 Å². The largest absolute Gasteiger partial charge is 0.463 e. The standard InChI is InChI=1S/C34H66O5/c1-4-6-7-8-17-21-24-27-33(36)38-29-32(35)30-39-34(37)28-25-22-19-16-14-12-10-9-11-13-15-18-20-23-26-31(3)5-2/h31-32,35H,4-30H2,1-3H3/t31?,32-/m1/s1. The van der Waals surface area contributed by atoms with E-state index >= 15 is 0 Å². The maximum absolute atomic E-state index is 11.9. The first kappa shape index (κ1) is 37.9. The maximum atomic E-state index is 11.9. The molecule has 0 spiro atoms. The second-order valence-electron chi connectivity index (χ2n) is 11.9. The molecule has 1 N–H and O–H groups in total. The number of esters is 2. The molecular weight excluding hydrogens is 488 g/mol. The van der Waals surface area contributed by atoms with Gasteiger partial charge in [-0.15, -0.1) is 0 Å². The fourth-order valence-electron chi connectivity index (χ4n) is 4.88. The number of rotatable bonds is 30. The Kier molecular flexibility index (Phi) is 29.0. The van der Waals surface area contributed by atoms with E-state index in [1.54, 1.807) is 0 Å². The highest BCUT2D eigenvalue weighted by molar-refractivity contribution is 5.69. The first-order valence-corrected chi connectivity index (χ1v) is 17.0. The monoisotopic (exact) mass is 554 g/mol. The van der Waals surface area contributed by atoms with Crippen LogP contribution >= 0.6 is 0 Å². The van der Waals surface area contributed by atoms with Crippen molar-refractivity contribution in [3.8, 4) is 0 Å². The Bertz CT molecular complexity index is 536. The molecule has 0 aliphatic rings. The zero-order valence-corrected chi connectivity index (χ0v) is 26.3. The summed E-state index contributed by atoms with van der Waals surface area (Å²) in [5.74, 6) is 0.340. The van der Waals surface area contributed by atoms with Crippen LogP contribution in [0.1, 0.15) is 181 Å². The Morgan fingerprint density at radius 1 is 0.538 bits per heavy atom. The molecule has 0 aliphatic heterocycles. The minimum Gasteiger partial charge on any atom is -0.463 e. The van der Waals surface area contributed by atoms with Crippen LogP contribution in [-0.2, 0) is 19.1 Å². The van der Waals surface area contributed by atoms with E-state index < -0.39 is 6.10 Å². The highest BCUT2D eigenvalue weighted by atomic mass is 16.6.